The van der Waals surface area contributed by atoms with Crippen molar-refractivity contribution in [1.29, 1.82) is 0 Å². The number of nitrogens with zero attached hydrogens (tertiary/aromatic N) is 2. The van der Waals surface area contributed by atoms with Gasteiger partial charge in [-0.15, -0.1) is 0 Å². The van der Waals surface area contributed by atoms with Crippen molar-refractivity contribution < 1.29 is 14.3 Å². The number of hydrogen-bond donors (Lipinski definition) is 2. The molecule has 1 heterocycles. The Morgan fingerprint density at radius 1 is 1.25 bits per heavy atom. The first kappa shape index (κ1) is 21.9. The Morgan fingerprint density at radius 2 is 2.04 bits per heavy atom. The molecule has 2 N–H and O–H groups in total. The summed E-state index contributed by atoms with van der Waals surface area (Å²) in [4.78, 5) is 18.8. The summed E-state index contributed by atoms with van der Waals surface area (Å²) in [5.74, 6) is 2.67. The highest BCUT2D eigenvalue weighted by Gasteiger charge is 2.19. The van der Waals surface area contributed by atoms with Crippen molar-refractivity contribution in [2.24, 2.45) is 10.9 Å². The standard InChI is InChI=1S/C21H34N4O3/c1-5-22-20(26)15-28-18-10-9-17(12-19(18)27-4)13-24-21(23-6-2)25-11-7-8-16(3)14-25/h9-10,12,16H,5-8,11,13-15H2,1-4H3,(H,22,26)(H,23,24). The number of methoxy groups -OCH3 is 1. The Labute approximate surface area is 168 Å². The molecule has 1 aromatic carbocycles. The highest BCUT2D eigenvalue weighted by atomic mass is 16.5. The van der Waals surface area contributed by atoms with Gasteiger partial charge in [0.1, 0.15) is 0 Å². The van der Waals surface area contributed by atoms with Crippen LogP contribution in [0.5, 0.6) is 11.5 Å². The highest BCUT2D eigenvalue weighted by Crippen LogP contribution is 2.28. The van der Waals surface area contributed by atoms with Gasteiger partial charge in [-0.25, -0.2) is 4.99 Å². The summed E-state index contributed by atoms with van der Waals surface area (Å²) >= 11 is 0. The Hall–Kier alpha value is -2.44. The van der Waals surface area contributed by atoms with Crippen LogP contribution in [-0.2, 0) is 11.3 Å². The van der Waals surface area contributed by atoms with Crippen molar-refractivity contribution in [2.75, 3.05) is 39.9 Å². The summed E-state index contributed by atoms with van der Waals surface area (Å²) in [7, 11) is 1.60. The van der Waals surface area contributed by atoms with Gasteiger partial charge in [0.05, 0.1) is 13.7 Å². The third-order valence-electron chi connectivity index (χ3n) is 4.66. The second-order valence-electron chi connectivity index (χ2n) is 7.09. The molecule has 0 aromatic heterocycles. The molecule has 0 aliphatic carbocycles. The minimum absolute atomic E-state index is 0.0284. The summed E-state index contributed by atoms with van der Waals surface area (Å²) in [5, 5.41) is 6.11. The first-order chi connectivity index (χ1) is 13.6. The number of amides is 1. The van der Waals surface area contributed by atoms with Crippen molar-refractivity contribution in [2.45, 2.75) is 40.2 Å². The molecule has 1 saturated heterocycles. The molecule has 0 radical (unpaired) electrons. The molecule has 1 fully saturated rings. The summed E-state index contributed by atoms with van der Waals surface area (Å²) in [6.45, 7) is 10.3. The molecule has 1 aromatic rings. The van der Waals surface area contributed by atoms with Gasteiger partial charge in [0.2, 0.25) is 0 Å². The lowest BCUT2D eigenvalue weighted by Gasteiger charge is -2.33. The number of guanidine groups is 1. The fourth-order valence-corrected chi connectivity index (χ4v) is 3.29. The van der Waals surface area contributed by atoms with Crippen molar-refractivity contribution in [3.8, 4) is 11.5 Å². The van der Waals surface area contributed by atoms with Crippen LogP contribution in [0.4, 0.5) is 0 Å². The van der Waals surface area contributed by atoms with Gasteiger partial charge in [-0.1, -0.05) is 13.0 Å². The molecular formula is C21H34N4O3. The van der Waals surface area contributed by atoms with Crippen LogP contribution < -0.4 is 20.1 Å². The second kappa shape index (κ2) is 11.4. The van der Waals surface area contributed by atoms with Gasteiger partial charge in [-0.05, 0) is 50.3 Å². The molecule has 1 aliphatic rings. The van der Waals surface area contributed by atoms with Crippen LogP contribution in [0.1, 0.15) is 39.2 Å². The monoisotopic (exact) mass is 390 g/mol. The minimum Gasteiger partial charge on any atom is -0.493 e. The van der Waals surface area contributed by atoms with E-state index in [0.717, 1.165) is 31.2 Å². The Morgan fingerprint density at radius 3 is 2.71 bits per heavy atom. The third kappa shape index (κ3) is 6.62. The predicted octanol–water partition coefficient (Wildman–Crippen LogP) is 2.41. The van der Waals surface area contributed by atoms with Gasteiger partial charge in [0.15, 0.2) is 24.1 Å². The molecule has 0 spiro atoms. The lowest BCUT2D eigenvalue weighted by Crippen LogP contribution is -2.46. The smallest absolute Gasteiger partial charge is 0.257 e. The number of carbonyl (C=O) groups is 1. The first-order valence-corrected chi connectivity index (χ1v) is 10.2. The predicted molar refractivity (Wildman–Crippen MR) is 112 cm³/mol. The maximum absolute atomic E-state index is 11.6. The Bertz CT molecular complexity index is 663. The van der Waals surface area contributed by atoms with Crippen LogP contribution in [0.2, 0.25) is 0 Å². The molecule has 7 heteroatoms. The number of carbonyl (C=O) groups excluding carboxylic acids is 1. The molecule has 156 valence electrons. The van der Waals surface area contributed by atoms with Gasteiger partial charge in [0, 0.05) is 26.2 Å². The van der Waals surface area contributed by atoms with Gasteiger partial charge in [0.25, 0.3) is 5.91 Å². The number of nitrogens with one attached hydrogen (secondary N) is 2. The largest absolute Gasteiger partial charge is 0.493 e. The van der Waals surface area contributed by atoms with E-state index in [1.807, 2.05) is 25.1 Å². The normalized spacial score (nSPS) is 17.2. The maximum atomic E-state index is 11.6. The number of likely N-dealkylation sites (tertiary alicyclic amines) is 1. The van der Waals surface area contributed by atoms with E-state index in [1.54, 1.807) is 7.11 Å². The molecule has 0 bridgehead atoms. The summed E-state index contributed by atoms with van der Waals surface area (Å²) in [6, 6.07) is 5.71. The van der Waals surface area contributed by atoms with E-state index in [9.17, 15) is 4.79 Å². The zero-order chi connectivity index (χ0) is 20.4. The van der Waals surface area contributed by atoms with Crippen LogP contribution in [0.15, 0.2) is 23.2 Å². The van der Waals surface area contributed by atoms with Gasteiger partial charge < -0.3 is 25.0 Å². The highest BCUT2D eigenvalue weighted by molar-refractivity contribution is 5.80. The van der Waals surface area contributed by atoms with E-state index in [-0.39, 0.29) is 12.5 Å². The van der Waals surface area contributed by atoms with Gasteiger partial charge in [-0.2, -0.15) is 0 Å². The van der Waals surface area contributed by atoms with E-state index in [4.69, 9.17) is 14.5 Å². The molecular weight excluding hydrogens is 356 g/mol. The number of benzene rings is 1. The molecule has 1 amide bonds. The van der Waals surface area contributed by atoms with Crippen LogP contribution >= 0.6 is 0 Å². The van der Waals surface area contributed by atoms with E-state index >= 15 is 0 Å². The zero-order valence-electron chi connectivity index (χ0n) is 17.6. The molecule has 28 heavy (non-hydrogen) atoms. The number of piperidine rings is 1. The van der Waals surface area contributed by atoms with Crippen molar-refractivity contribution >= 4 is 11.9 Å². The number of hydrogen-bond acceptors (Lipinski definition) is 4. The fourth-order valence-electron chi connectivity index (χ4n) is 3.29. The van der Waals surface area contributed by atoms with Gasteiger partial charge in [-0.3, -0.25) is 4.79 Å². The molecule has 1 aliphatic heterocycles. The SMILES string of the molecule is CCNC(=O)COc1ccc(CN=C(NCC)N2CCCC(C)C2)cc1OC. The van der Waals surface area contributed by atoms with Crippen molar-refractivity contribution in [3.63, 3.8) is 0 Å². The van der Waals surface area contributed by atoms with E-state index < -0.39 is 0 Å². The Kier molecular flexibility index (Phi) is 8.91. The molecule has 7 nitrogen and oxygen atoms in total. The summed E-state index contributed by atoms with van der Waals surface area (Å²) < 4.78 is 11.0. The van der Waals surface area contributed by atoms with Crippen molar-refractivity contribution in [1.82, 2.24) is 15.5 Å². The van der Waals surface area contributed by atoms with E-state index in [1.165, 1.54) is 12.8 Å². The first-order valence-electron chi connectivity index (χ1n) is 10.2. The Balaban J connectivity index is 2.05. The minimum atomic E-state index is -0.149. The number of ether oxygens (including phenoxy) is 2. The molecule has 0 saturated carbocycles. The van der Waals surface area contributed by atoms with Crippen LogP contribution in [0, 0.1) is 5.92 Å². The van der Waals surface area contributed by atoms with Crippen molar-refractivity contribution in [3.05, 3.63) is 23.8 Å². The topological polar surface area (TPSA) is 75.2 Å². The van der Waals surface area contributed by atoms with Crippen LogP contribution in [-0.4, -0.2) is 56.7 Å². The van der Waals surface area contributed by atoms with E-state index in [2.05, 4.69) is 29.4 Å². The average molecular weight is 391 g/mol. The quantitative estimate of drug-likeness (QED) is 0.527. The lowest BCUT2D eigenvalue weighted by atomic mass is 10.0. The third-order valence-corrected chi connectivity index (χ3v) is 4.66. The maximum Gasteiger partial charge on any atom is 0.257 e. The lowest BCUT2D eigenvalue weighted by molar-refractivity contribution is -0.123. The van der Waals surface area contributed by atoms with E-state index in [0.29, 0.717) is 30.5 Å². The number of likely N-dealkylation sites (N-methyl/N-ethyl adjacent to an activating group) is 1. The summed E-state index contributed by atoms with van der Waals surface area (Å²) in [6.07, 6.45) is 2.49. The zero-order valence-corrected chi connectivity index (χ0v) is 17.6. The number of rotatable bonds is 8. The fraction of sp³-hybridized carbons (Fsp3) is 0.619. The average Bonchev–Trinajstić information content (AvgIpc) is 2.70. The summed E-state index contributed by atoms with van der Waals surface area (Å²) in [5.41, 5.74) is 1.03. The van der Waals surface area contributed by atoms with Crippen LogP contribution in [0.25, 0.3) is 0 Å². The molecule has 1 atom stereocenters. The molecule has 1 unspecified atom stereocenters. The number of aliphatic imine (C=N–C) groups is 1. The van der Waals surface area contributed by atoms with Crippen LogP contribution in [0.3, 0.4) is 0 Å². The second-order valence-corrected chi connectivity index (χ2v) is 7.09. The van der Waals surface area contributed by atoms with Gasteiger partial charge >= 0.3 is 0 Å². The molecule has 2 rings (SSSR count).